The fourth-order valence-corrected chi connectivity index (χ4v) is 2.92. The molecule has 160 valence electrons. The second kappa shape index (κ2) is 9.65. The standard InChI is InChI=1S/C22H22F3NO4/c1-15(21(27)30-26-17-5-3-2-4-6-17)28-18-11-13-20(14-12-18)29-19-9-7-16(8-10-19)22(23,24)25/h7-15H,2-6H2,1H3. The summed E-state index contributed by atoms with van der Waals surface area (Å²) in [7, 11) is 0. The molecule has 3 rings (SSSR count). The topological polar surface area (TPSA) is 57.1 Å². The van der Waals surface area contributed by atoms with E-state index in [9.17, 15) is 18.0 Å². The molecule has 0 bridgehead atoms. The zero-order valence-electron chi connectivity index (χ0n) is 16.4. The summed E-state index contributed by atoms with van der Waals surface area (Å²) in [6.07, 6.45) is -0.249. The van der Waals surface area contributed by atoms with Crippen LogP contribution in [0.4, 0.5) is 13.2 Å². The van der Waals surface area contributed by atoms with Crippen LogP contribution in [0.25, 0.3) is 0 Å². The Labute approximate surface area is 172 Å². The highest BCUT2D eigenvalue weighted by Crippen LogP contribution is 2.31. The molecule has 1 unspecified atom stereocenters. The Balaban J connectivity index is 1.51. The number of hydrogen-bond donors (Lipinski definition) is 0. The van der Waals surface area contributed by atoms with Crippen LogP contribution >= 0.6 is 0 Å². The smallest absolute Gasteiger partial charge is 0.416 e. The molecule has 0 heterocycles. The molecule has 0 aromatic heterocycles. The zero-order valence-corrected chi connectivity index (χ0v) is 16.4. The molecule has 0 spiro atoms. The molecule has 0 amide bonds. The van der Waals surface area contributed by atoms with Crippen molar-refractivity contribution in [1.29, 1.82) is 0 Å². The summed E-state index contributed by atoms with van der Waals surface area (Å²) in [6.45, 7) is 1.57. The quantitative estimate of drug-likeness (QED) is 0.416. The number of hydrogen-bond acceptors (Lipinski definition) is 5. The third-order valence-corrected chi connectivity index (χ3v) is 4.58. The third kappa shape index (κ3) is 6.23. The summed E-state index contributed by atoms with van der Waals surface area (Å²) in [5.41, 5.74) is 0.152. The molecule has 0 radical (unpaired) electrons. The fraction of sp³-hybridized carbons (Fsp3) is 0.364. The van der Waals surface area contributed by atoms with Crippen LogP contribution < -0.4 is 9.47 Å². The van der Waals surface area contributed by atoms with Crippen molar-refractivity contribution in [3.8, 4) is 17.2 Å². The van der Waals surface area contributed by atoms with Crippen LogP contribution in [-0.2, 0) is 15.8 Å². The highest BCUT2D eigenvalue weighted by Gasteiger charge is 2.30. The van der Waals surface area contributed by atoms with Gasteiger partial charge in [-0.3, -0.25) is 0 Å². The molecule has 30 heavy (non-hydrogen) atoms. The van der Waals surface area contributed by atoms with E-state index in [1.54, 1.807) is 31.2 Å². The van der Waals surface area contributed by atoms with Gasteiger partial charge >= 0.3 is 12.1 Å². The van der Waals surface area contributed by atoms with Gasteiger partial charge in [0.25, 0.3) is 0 Å². The normalized spacial score (nSPS) is 15.3. The first-order valence-corrected chi connectivity index (χ1v) is 9.70. The number of nitrogens with zero attached hydrogens (tertiary/aromatic N) is 1. The highest BCUT2D eigenvalue weighted by atomic mass is 19.4. The number of alkyl halides is 3. The zero-order chi connectivity index (χ0) is 21.6. The first-order chi connectivity index (χ1) is 14.3. The lowest BCUT2D eigenvalue weighted by Gasteiger charge is -2.14. The summed E-state index contributed by atoms with van der Waals surface area (Å²) in [5.74, 6) is 0.527. The number of rotatable bonds is 6. The highest BCUT2D eigenvalue weighted by molar-refractivity contribution is 5.85. The summed E-state index contributed by atoms with van der Waals surface area (Å²) in [5, 5.41) is 3.92. The minimum absolute atomic E-state index is 0.274. The average molecular weight is 421 g/mol. The minimum Gasteiger partial charge on any atom is -0.479 e. The molecule has 1 saturated carbocycles. The van der Waals surface area contributed by atoms with Gasteiger partial charge in [0.2, 0.25) is 0 Å². The van der Waals surface area contributed by atoms with Crippen molar-refractivity contribution >= 4 is 11.7 Å². The van der Waals surface area contributed by atoms with Gasteiger partial charge in [0.1, 0.15) is 17.2 Å². The van der Waals surface area contributed by atoms with Gasteiger partial charge in [-0.1, -0.05) is 11.6 Å². The van der Waals surface area contributed by atoms with E-state index in [0.29, 0.717) is 11.5 Å². The molecule has 0 N–H and O–H groups in total. The largest absolute Gasteiger partial charge is 0.479 e. The van der Waals surface area contributed by atoms with Crippen molar-refractivity contribution in [2.45, 2.75) is 51.3 Å². The van der Waals surface area contributed by atoms with Crippen molar-refractivity contribution < 1.29 is 32.3 Å². The maximum atomic E-state index is 12.6. The van der Waals surface area contributed by atoms with Crippen LogP contribution in [0.15, 0.2) is 53.7 Å². The van der Waals surface area contributed by atoms with Crippen LogP contribution in [0.3, 0.4) is 0 Å². The lowest BCUT2D eigenvalue weighted by Crippen LogP contribution is -2.25. The number of carbonyl (C=O) groups excluding carboxylic acids is 1. The molecular formula is C22H22F3NO4. The van der Waals surface area contributed by atoms with E-state index >= 15 is 0 Å². The second-order valence-electron chi connectivity index (χ2n) is 6.98. The first kappa shape index (κ1) is 21.7. The number of carbonyl (C=O) groups is 1. The molecular weight excluding hydrogens is 399 g/mol. The molecule has 2 aromatic carbocycles. The lowest BCUT2D eigenvalue weighted by molar-refractivity contribution is -0.151. The van der Waals surface area contributed by atoms with Gasteiger partial charge in [0.05, 0.1) is 11.3 Å². The Bertz CT molecular complexity index is 869. The molecule has 1 atom stereocenters. The Hall–Kier alpha value is -3.03. The van der Waals surface area contributed by atoms with Crippen LogP contribution in [-0.4, -0.2) is 17.8 Å². The number of ether oxygens (including phenoxy) is 2. The van der Waals surface area contributed by atoms with Crippen molar-refractivity contribution in [1.82, 2.24) is 0 Å². The van der Waals surface area contributed by atoms with Gasteiger partial charge in [0, 0.05) is 0 Å². The van der Waals surface area contributed by atoms with Crippen LogP contribution in [0.2, 0.25) is 0 Å². The number of oxime groups is 1. The predicted molar refractivity (Wildman–Crippen MR) is 105 cm³/mol. The molecule has 0 aliphatic heterocycles. The van der Waals surface area contributed by atoms with E-state index in [4.69, 9.17) is 14.3 Å². The third-order valence-electron chi connectivity index (χ3n) is 4.58. The SMILES string of the molecule is CC(Oc1ccc(Oc2ccc(C(F)(F)F)cc2)cc1)C(=O)ON=C1CCCCC1. The first-order valence-electron chi connectivity index (χ1n) is 9.70. The number of benzene rings is 2. The van der Waals surface area contributed by atoms with Gasteiger partial charge in [0.15, 0.2) is 6.10 Å². The molecule has 0 saturated heterocycles. The lowest BCUT2D eigenvalue weighted by atomic mass is 9.99. The average Bonchev–Trinajstić information content (AvgIpc) is 2.74. The molecule has 1 fully saturated rings. The summed E-state index contributed by atoms with van der Waals surface area (Å²) >= 11 is 0. The van der Waals surface area contributed by atoms with E-state index in [0.717, 1.165) is 43.5 Å². The maximum Gasteiger partial charge on any atom is 0.416 e. The van der Waals surface area contributed by atoms with Crippen molar-refractivity contribution in [2.24, 2.45) is 5.16 Å². The van der Waals surface area contributed by atoms with Crippen LogP contribution in [0.5, 0.6) is 17.2 Å². The summed E-state index contributed by atoms with van der Waals surface area (Å²) < 4.78 is 48.9. The molecule has 8 heteroatoms. The Morgan fingerprint density at radius 3 is 2.00 bits per heavy atom. The van der Waals surface area contributed by atoms with E-state index in [-0.39, 0.29) is 5.75 Å². The minimum atomic E-state index is -4.39. The Kier molecular flexibility index (Phi) is 6.97. The molecule has 5 nitrogen and oxygen atoms in total. The second-order valence-corrected chi connectivity index (χ2v) is 6.98. The van der Waals surface area contributed by atoms with Gasteiger partial charge in [-0.2, -0.15) is 13.2 Å². The van der Waals surface area contributed by atoms with Gasteiger partial charge in [-0.15, -0.1) is 0 Å². The summed E-state index contributed by atoms with van der Waals surface area (Å²) in [4.78, 5) is 17.0. The van der Waals surface area contributed by atoms with E-state index in [1.807, 2.05) is 0 Å². The van der Waals surface area contributed by atoms with E-state index in [1.165, 1.54) is 18.6 Å². The Morgan fingerprint density at radius 2 is 1.43 bits per heavy atom. The van der Waals surface area contributed by atoms with Gasteiger partial charge < -0.3 is 14.3 Å². The maximum absolute atomic E-state index is 12.6. The van der Waals surface area contributed by atoms with Crippen LogP contribution in [0, 0.1) is 0 Å². The van der Waals surface area contributed by atoms with E-state index < -0.39 is 23.8 Å². The Morgan fingerprint density at radius 1 is 0.900 bits per heavy atom. The van der Waals surface area contributed by atoms with Crippen molar-refractivity contribution in [3.63, 3.8) is 0 Å². The predicted octanol–water partition coefficient (Wildman–Crippen LogP) is 6.13. The van der Waals surface area contributed by atoms with Crippen molar-refractivity contribution in [3.05, 3.63) is 54.1 Å². The van der Waals surface area contributed by atoms with Crippen LogP contribution in [0.1, 0.15) is 44.6 Å². The van der Waals surface area contributed by atoms with Crippen molar-refractivity contribution in [2.75, 3.05) is 0 Å². The molecule has 2 aromatic rings. The summed E-state index contributed by atoms with van der Waals surface area (Å²) in [6, 6.07) is 10.8. The monoisotopic (exact) mass is 421 g/mol. The molecule has 1 aliphatic rings. The van der Waals surface area contributed by atoms with E-state index in [2.05, 4.69) is 5.16 Å². The molecule has 1 aliphatic carbocycles. The fourth-order valence-electron chi connectivity index (χ4n) is 2.92. The van der Waals surface area contributed by atoms with Gasteiger partial charge in [-0.05, 0) is 81.1 Å². The van der Waals surface area contributed by atoms with Gasteiger partial charge in [-0.25, -0.2) is 4.79 Å². The number of halogens is 3.